The Hall–Kier alpha value is -3.53. The summed E-state index contributed by atoms with van der Waals surface area (Å²) in [5, 5.41) is 1.15. The van der Waals surface area contributed by atoms with E-state index in [-0.39, 0.29) is 5.97 Å². The van der Waals surface area contributed by atoms with Crippen LogP contribution in [-0.4, -0.2) is 17.1 Å². The summed E-state index contributed by atoms with van der Waals surface area (Å²) in [7, 11) is 0. The molecule has 0 saturated heterocycles. The molecule has 0 radical (unpaired) electrons. The zero-order valence-corrected chi connectivity index (χ0v) is 17.3. The van der Waals surface area contributed by atoms with Gasteiger partial charge in [0.2, 0.25) is 0 Å². The molecule has 152 valence electrons. The molecule has 4 nitrogen and oxygen atoms in total. The van der Waals surface area contributed by atoms with Gasteiger partial charge in [-0.15, -0.1) is 0 Å². The number of hydrogen-bond acceptors (Lipinski definition) is 3. The Morgan fingerprint density at radius 1 is 0.967 bits per heavy atom. The molecule has 3 aromatic carbocycles. The lowest BCUT2D eigenvalue weighted by Crippen LogP contribution is -2.10. The number of fused-ring (bicyclic) bond motifs is 1. The molecule has 0 spiro atoms. The van der Waals surface area contributed by atoms with Crippen LogP contribution < -0.4 is 4.74 Å². The number of nitrogens with zero attached hydrogens (tertiary/aromatic N) is 1. The van der Waals surface area contributed by atoms with Gasteiger partial charge in [0.05, 0.1) is 12.2 Å². The monoisotopic (exact) mass is 399 g/mol. The van der Waals surface area contributed by atoms with Crippen LogP contribution in [0.1, 0.15) is 34.0 Å². The van der Waals surface area contributed by atoms with Gasteiger partial charge >= 0.3 is 5.97 Å². The third kappa shape index (κ3) is 4.23. The van der Waals surface area contributed by atoms with Crippen molar-refractivity contribution in [3.8, 4) is 5.75 Å². The third-order valence-corrected chi connectivity index (χ3v) is 5.15. The van der Waals surface area contributed by atoms with Crippen LogP contribution in [0.2, 0.25) is 0 Å². The molecule has 0 N–H and O–H groups in total. The first-order valence-corrected chi connectivity index (χ1v) is 10.2. The molecule has 0 fully saturated rings. The first kappa shape index (κ1) is 19.8. The van der Waals surface area contributed by atoms with Gasteiger partial charge in [-0.25, -0.2) is 4.79 Å². The second-order valence-electron chi connectivity index (χ2n) is 7.27. The molecule has 0 amide bonds. The minimum Gasteiger partial charge on any atom is -0.489 e. The van der Waals surface area contributed by atoms with Gasteiger partial charge in [-0.05, 0) is 54.8 Å². The summed E-state index contributed by atoms with van der Waals surface area (Å²) in [4.78, 5) is 12.3. The zero-order valence-electron chi connectivity index (χ0n) is 17.3. The number of ether oxygens (including phenoxy) is 2. The molecule has 0 aliphatic heterocycles. The Morgan fingerprint density at radius 3 is 2.53 bits per heavy atom. The summed E-state index contributed by atoms with van der Waals surface area (Å²) in [6.07, 6.45) is 2.12. The van der Waals surface area contributed by atoms with Crippen LogP contribution in [0.25, 0.3) is 10.9 Å². The van der Waals surface area contributed by atoms with Gasteiger partial charge in [0.1, 0.15) is 12.4 Å². The molecule has 0 aliphatic rings. The van der Waals surface area contributed by atoms with Crippen molar-refractivity contribution in [2.45, 2.75) is 27.0 Å². The quantitative estimate of drug-likeness (QED) is 0.371. The van der Waals surface area contributed by atoms with Gasteiger partial charge in [0.15, 0.2) is 0 Å². The topological polar surface area (TPSA) is 40.5 Å². The van der Waals surface area contributed by atoms with E-state index in [9.17, 15) is 4.79 Å². The molecule has 0 aliphatic carbocycles. The molecule has 0 saturated carbocycles. The second-order valence-corrected chi connectivity index (χ2v) is 7.27. The van der Waals surface area contributed by atoms with E-state index in [1.807, 2.05) is 55.5 Å². The molecule has 1 aromatic heterocycles. The van der Waals surface area contributed by atoms with E-state index in [4.69, 9.17) is 9.47 Å². The van der Waals surface area contributed by atoms with Crippen molar-refractivity contribution in [2.24, 2.45) is 0 Å². The third-order valence-electron chi connectivity index (χ3n) is 5.15. The maximum absolute atomic E-state index is 12.3. The van der Waals surface area contributed by atoms with Gasteiger partial charge in [-0.3, -0.25) is 0 Å². The van der Waals surface area contributed by atoms with Crippen molar-refractivity contribution < 1.29 is 14.3 Å². The van der Waals surface area contributed by atoms with E-state index in [1.54, 1.807) is 0 Å². The van der Waals surface area contributed by atoms with Crippen molar-refractivity contribution in [3.63, 3.8) is 0 Å². The van der Waals surface area contributed by atoms with Crippen molar-refractivity contribution in [1.29, 1.82) is 0 Å². The average molecular weight is 399 g/mol. The molecular weight excluding hydrogens is 374 g/mol. The van der Waals surface area contributed by atoms with Crippen LogP contribution in [0.4, 0.5) is 0 Å². The SMILES string of the molecule is CCOC(=O)c1ccccc1Cn1cc(C)c2cc(OCc3ccccc3)ccc21. The minimum absolute atomic E-state index is 0.280. The molecule has 1 heterocycles. The summed E-state index contributed by atoms with van der Waals surface area (Å²) >= 11 is 0. The Kier molecular flexibility index (Phi) is 5.84. The normalized spacial score (nSPS) is 10.9. The smallest absolute Gasteiger partial charge is 0.338 e. The Morgan fingerprint density at radius 2 is 1.73 bits per heavy atom. The Balaban J connectivity index is 1.59. The summed E-state index contributed by atoms with van der Waals surface area (Å²) in [5.41, 5.74) is 4.98. The maximum Gasteiger partial charge on any atom is 0.338 e. The highest BCUT2D eigenvalue weighted by molar-refractivity contribution is 5.91. The highest BCUT2D eigenvalue weighted by atomic mass is 16.5. The largest absolute Gasteiger partial charge is 0.489 e. The maximum atomic E-state index is 12.3. The predicted octanol–water partition coefficient (Wildman–Crippen LogP) is 5.75. The van der Waals surface area contributed by atoms with Crippen LogP contribution in [0.3, 0.4) is 0 Å². The van der Waals surface area contributed by atoms with E-state index in [1.165, 1.54) is 5.56 Å². The molecule has 0 bridgehead atoms. The standard InChI is InChI=1S/C26H25NO3/c1-3-29-26(28)23-12-8-7-11-21(23)17-27-16-19(2)24-15-22(13-14-25(24)27)30-18-20-9-5-4-6-10-20/h4-16H,3,17-18H2,1-2H3. The minimum atomic E-state index is -0.280. The van der Waals surface area contributed by atoms with E-state index in [0.29, 0.717) is 25.3 Å². The number of aromatic nitrogens is 1. The fourth-order valence-electron chi connectivity index (χ4n) is 3.67. The number of aryl methyl sites for hydroxylation is 1. The first-order chi connectivity index (χ1) is 14.7. The fourth-order valence-corrected chi connectivity index (χ4v) is 3.67. The molecule has 30 heavy (non-hydrogen) atoms. The summed E-state index contributed by atoms with van der Waals surface area (Å²) < 4.78 is 13.4. The number of esters is 1. The van der Waals surface area contributed by atoms with Gasteiger partial charge in [0.25, 0.3) is 0 Å². The van der Waals surface area contributed by atoms with E-state index >= 15 is 0 Å². The molecule has 0 atom stereocenters. The van der Waals surface area contributed by atoms with Crippen molar-refractivity contribution in [1.82, 2.24) is 4.57 Å². The highest BCUT2D eigenvalue weighted by Crippen LogP contribution is 2.27. The fraction of sp³-hybridized carbons (Fsp3) is 0.192. The van der Waals surface area contributed by atoms with Crippen molar-refractivity contribution in [3.05, 3.63) is 101 Å². The summed E-state index contributed by atoms with van der Waals surface area (Å²) in [6, 6.07) is 23.9. The van der Waals surface area contributed by atoms with Crippen LogP contribution in [0.5, 0.6) is 5.75 Å². The lowest BCUT2D eigenvalue weighted by Gasteiger charge is -2.11. The highest BCUT2D eigenvalue weighted by Gasteiger charge is 2.14. The second kappa shape index (κ2) is 8.87. The van der Waals surface area contributed by atoms with Crippen LogP contribution in [0, 0.1) is 6.92 Å². The number of rotatable bonds is 7. The summed E-state index contributed by atoms with van der Waals surface area (Å²) in [5.74, 6) is 0.567. The molecule has 4 rings (SSSR count). The molecule has 4 aromatic rings. The van der Waals surface area contributed by atoms with Gasteiger partial charge < -0.3 is 14.0 Å². The Labute approximate surface area is 176 Å². The first-order valence-electron chi connectivity index (χ1n) is 10.2. The van der Waals surface area contributed by atoms with Gasteiger partial charge in [0, 0.05) is 23.6 Å². The predicted molar refractivity (Wildman–Crippen MR) is 119 cm³/mol. The van der Waals surface area contributed by atoms with E-state index in [0.717, 1.165) is 27.8 Å². The lowest BCUT2D eigenvalue weighted by atomic mass is 10.1. The molecule has 4 heteroatoms. The van der Waals surface area contributed by atoms with Gasteiger partial charge in [-0.1, -0.05) is 48.5 Å². The van der Waals surface area contributed by atoms with E-state index < -0.39 is 0 Å². The van der Waals surface area contributed by atoms with Crippen molar-refractivity contribution >= 4 is 16.9 Å². The molecule has 0 unspecified atom stereocenters. The van der Waals surface area contributed by atoms with Crippen LogP contribution in [-0.2, 0) is 17.9 Å². The van der Waals surface area contributed by atoms with E-state index in [2.05, 4.69) is 42.0 Å². The lowest BCUT2D eigenvalue weighted by molar-refractivity contribution is 0.0525. The average Bonchev–Trinajstić information content (AvgIpc) is 3.08. The number of benzene rings is 3. The van der Waals surface area contributed by atoms with Gasteiger partial charge in [-0.2, -0.15) is 0 Å². The Bertz CT molecular complexity index is 1160. The number of carbonyl (C=O) groups is 1. The molecular formula is C26H25NO3. The zero-order chi connectivity index (χ0) is 20.9. The number of carbonyl (C=O) groups excluding carboxylic acids is 1. The van der Waals surface area contributed by atoms with Crippen molar-refractivity contribution in [2.75, 3.05) is 6.61 Å². The van der Waals surface area contributed by atoms with Crippen LogP contribution >= 0.6 is 0 Å². The summed E-state index contributed by atoms with van der Waals surface area (Å²) in [6.45, 7) is 5.42. The van der Waals surface area contributed by atoms with Crippen LogP contribution in [0.15, 0.2) is 79.0 Å². The number of hydrogen-bond donors (Lipinski definition) is 0.